The van der Waals surface area contributed by atoms with Crippen molar-refractivity contribution in [3.63, 3.8) is 0 Å². The average Bonchev–Trinajstić information content (AvgIpc) is 2.64. The minimum Gasteiger partial charge on any atom is -0.336 e. The van der Waals surface area contributed by atoms with Crippen LogP contribution in [-0.2, 0) is 7.05 Å². The van der Waals surface area contributed by atoms with E-state index < -0.39 is 0 Å². The van der Waals surface area contributed by atoms with E-state index in [-0.39, 0.29) is 11.9 Å². The van der Waals surface area contributed by atoms with Crippen molar-refractivity contribution in [1.29, 1.82) is 0 Å². The molecule has 2 heterocycles. The van der Waals surface area contributed by atoms with E-state index in [1.54, 1.807) is 28.9 Å². The van der Waals surface area contributed by atoms with Crippen LogP contribution in [0.5, 0.6) is 0 Å². The van der Waals surface area contributed by atoms with Gasteiger partial charge < -0.3 is 10.6 Å². The Kier molecular flexibility index (Phi) is 2.73. The Balaban J connectivity index is 2.07. The number of hydrogen-bond donors (Lipinski definition) is 1. The smallest absolute Gasteiger partial charge is 0.274 e. The first kappa shape index (κ1) is 10.2. The summed E-state index contributed by atoms with van der Waals surface area (Å²) in [4.78, 5) is 13.7. The zero-order chi connectivity index (χ0) is 10.8. The predicted octanol–water partition coefficient (Wildman–Crippen LogP) is -0.0166. The molecule has 0 saturated carbocycles. The van der Waals surface area contributed by atoms with Crippen molar-refractivity contribution in [3.8, 4) is 0 Å². The lowest BCUT2D eigenvalue weighted by Gasteiger charge is -2.30. The summed E-state index contributed by atoms with van der Waals surface area (Å²) in [5.74, 6) is -0.00856. The molecule has 82 valence electrons. The van der Waals surface area contributed by atoms with Gasteiger partial charge in [0.05, 0.1) is 0 Å². The Bertz CT molecular complexity index is 360. The van der Waals surface area contributed by atoms with Crippen molar-refractivity contribution in [2.75, 3.05) is 13.1 Å². The summed E-state index contributed by atoms with van der Waals surface area (Å²) < 4.78 is 1.64. The van der Waals surface area contributed by atoms with Crippen molar-refractivity contribution in [3.05, 3.63) is 18.0 Å². The van der Waals surface area contributed by atoms with Crippen LogP contribution in [0.2, 0.25) is 0 Å². The number of carbonyl (C=O) groups excluding carboxylic acids is 1. The average molecular weight is 208 g/mol. The highest BCUT2D eigenvalue weighted by Crippen LogP contribution is 2.11. The van der Waals surface area contributed by atoms with Crippen LogP contribution in [0.1, 0.15) is 23.3 Å². The summed E-state index contributed by atoms with van der Waals surface area (Å²) in [6.45, 7) is 1.44. The van der Waals surface area contributed by atoms with Gasteiger partial charge in [-0.05, 0) is 18.9 Å². The molecule has 0 aliphatic carbocycles. The molecule has 1 atom stereocenters. The second-order valence-electron chi connectivity index (χ2n) is 4.03. The van der Waals surface area contributed by atoms with Crippen molar-refractivity contribution in [2.24, 2.45) is 12.8 Å². The summed E-state index contributed by atoms with van der Waals surface area (Å²) in [7, 11) is 1.80. The predicted molar refractivity (Wildman–Crippen MR) is 56.3 cm³/mol. The molecule has 1 saturated heterocycles. The van der Waals surface area contributed by atoms with Crippen LogP contribution in [0.15, 0.2) is 12.3 Å². The quantitative estimate of drug-likeness (QED) is 0.705. The lowest BCUT2D eigenvalue weighted by molar-refractivity contribution is 0.0702. The third-order valence-electron chi connectivity index (χ3n) is 2.68. The molecule has 1 aliphatic rings. The lowest BCUT2D eigenvalue weighted by atomic mass is 10.1. The third kappa shape index (κ3) is 2.18. The first-order chi connectivity index (χ1) is 7.16. The van der Waals surface area contributed by atoms with E-state index in [1.165, 1.54) is 0 Å². The normalized spacial score (nSPS) is 21.7. The molecule has 0 spiro atoms. The highest BCUT2D eigenvalue weighted by molar-refractivity contribution is 5.92. The van der Waals surface area contributed by atoms with Gasteiger partial charge in [-0.2, -0.15) is 5.10 Å². The molecule has 2 N–H and O–H groups in total. The highest BCUT2D eigenvalue weighted by Gasteiger charge is 2.23. The number of nitrogens with two attached hydrogens (primary N) is 1. The fourth-order valence-electron chi connectivity index (χ4n) is 1.89. The molecule has 2 rings (SSSR count). The maximum Gasteiger partial charge on any atom is 0.274 e. The van der Waals surface area contributed by atoms with Crippen LogP contribution < -0.4 is 5.73 Å². The summed E-state index contributed by atoms with van der Waals surface area (Å²) in [5.41, 5.74) is 6.33. The number of piperidine rings is 1. The van der Waals surface area contributed by atoms with Gasteiger partial charge in [0.1, 0.15) is 5.69 Å². The Labute approximate surface area is 88.8 Å². The molecule has 1 aromatic heterocycles. The van der Waals surface area contributed by atoms with Gasteiger partial charge in [0.2, 0.25) is 0 Å². The van der Waals surface area contributed by atoms with Crippen molar-refractivity contribution >= 4 is 5.91 Å². The van der Waals surface area contributed by atoms with Crippen molar-refractivity contribution in [1.82, 2.24) is 14.7 Å². The Morgan fingerprint density at radius 2 is 2.47 bits per heavy atom. The molecule has 5 nitrogen and oxygen atoms in total. The minimum absolute atomic E-state index is 0.00856. The number of nitrogens with zero attached hydrogens (tertiary/aromatic N) is 3. The van der Waals surface area contributed by atoms with Crippen LogP contribution in [0, 0.1) is 0 Å². The van der Waals surface area contributed by atoms with Crippen LogP contribution >= 0.6 is 0 Å². The maximum absolute atomic E-state index is 12.0. The Morgan fingerprint density at radius 1 is 1.67 bits per heavy atom. The molecular weight excluding hydrogens is 192 g/mol. The monoisotopic (exact) mass is 208 g/mol. The second kappa shape index (κ2) is 4.02. The van der Waals surface area contributed by atoms with Gasteiger partial charge >= 0.3 is 0 Å². The Morgan fingerprint density at radius 3 is 3.07 bits per heavy atom. The molecule has 5 heteroatoms. The molecule has 1 amide bonds. The van der Waals surface area contributed by atoms with E-state index in [0.717, 1.165) is 19.4 Å². The van der Waals surface area contributed by atoms with Crippen LogP contribution in [-0.4, -0.2) is 39.7 Å². The van der Waals surface area contributed by atoms with E-state index in [1.807, 2.05) is 0 Å². The maximum atomic E-state index is 12.0. The molecule has 1 aliphatic heterocycles. The number of amides is 1. The van der Waals surface area contributed by atoms with Gasteiger partial charge in [-0.15, -0.1) is 0 Å². The molecule has 0 radical (unpaired) electrons. The molecule has 15 heavy (non-hydrogen) atoms. The zero-order valence-corrected chi connectivity index (χ0v) is 8.89. The number of aryl methyl sites for hydroxylation is 1. The van der Waals surface area contributed by atoms with Gasteiger partial charge in [0.25, 0.3) is 5.91 Å². The summed E-state index contributed by atoms with van der Waals surface area (Å²) in [6, 6.07) is 1.86. The molecule has 0 unspecified atom stereocenters. The van der Waals surface area contributed by atoms with E-state index in [2.05, 4.69) is 5.10 Å². The number of carbonyl (C=O) groups is 1. The number of hydrogen-bond acceptors (Lipinski definition) is 3. The van der Waals surface area contributed by atoms with Crippen molar-refractivity contribution in [2.45, 2.75) is 18.9 Å². The first-order valence-corrected chi connectivity index (χ1v) is 5.21. The molecule has 0 aromatic carbocycles. The van der Waals surface area contributed by atoms with Crippen LogP contribution in [0.4, 0.5) is 0 Å². The fourth-order valence-corrected chi connectivity index (χ4v) is 1.89. The molecule has 1 fully saturated rings. The standard InChI is InChI=1S/C10H16N4O/c1-13-6-4-9(12-13)10(15)14-5-2-3-8(11)7-14/h4,6,8H,2-3,5,7,11H2,1H3/t8-/m1/s1. The molecule has 0 bridgehead atoms. The summed E-state index contributed by atoms with van der Waals surface area (Å²) in [6.07, 6.45) is 3.77. The summed E-state index contributed by atoms with van der Waals surface area (Å²) in [5, 5.41) is 4.10. The second-order valence-corrected chi connectivity index (χ2v) is 4.03. The number of aromatic nitrogens is 2. The Hall–Kier alpha value is -1.36. The van der Waals surface area contributed by atoms with Gasteiger partial charge in [-0.1, -0.05) is 0 Å². The van der Waals surface area contributed by atoms with E-state index >= 15 is 0 Å². The van der Waals surface area contributed by atoms with Gasteiger partial charge in [-0.3, -0.25) is 9.48 Å². The topological polar surface area (TPSA) is 64.2 Å². The third-order valence-corrected chi connectivity index (χ3v) is 2.68. The van der Waals surface area contributed by atoms with E-state index in [4.69, 9.17) is 5.73 Å². The largest absolute Gasteiger partial charge is 0.336 e. The van der Waals surface area contributed by atoms with Crippen molar-refractivity contribution < 1.29 is 4.79 Å². The van der Waals surface area contributed by atoms with Crippen LogP contribution in [0.25, 0.3) is 0 Å². The highest BCUT2D eigenvalue weighted by atomic mass is 16.2. The van der Waals surface area contributed by atoms with Crippen LogP contribution in [0.3, 0.4) is 0 Å². The SMILES string of the molecule is Cn1ccc(C(=O)N2CCC[C@@H](N)C2)n1. The molecular formula is C10H16N4O. The first-order valence-electron chi connectivity index (χ1n) is 5.21. The zero-order valence-electron chi connectivity index (χ0n) is 8.89. The van der Waals surface area contributed by atoms with E-state index in [0.29, 0.717) is 12.2 Å². The number of likely N-dealkylation sites (tertiary alicyclic amines) is 1. The molecule has 1 aromatic rings. The fraction of sp³-hybridized carbons (Fsp3) is 0.600. The van der Waals surface area contributed by atoms with E-state index in [9.17, 15) is 4.79 Å². The van der Waals surface area contributed by atoms with Gasteiger partial charge in [0, 0.05) is 32.4 Å². The minimum atomic E-state index is -0.00856. The summed E-state index contributed by atoms with van der Waals surface area (Å²) >= 11 is 0. The number of rotatable bonds is 1. The van der Waals surface area contributed by atoms with Gasteiger partial charge in [0.15, 0.2) is 0 Å². The van der Waals surface area contributed by atoms with Gasteiger partial charge in [-0.25, -0.2) is 0 Å². The lowest BCUT2D eigenvalue weighted by Crippen LogP contribution is -2.45.